The van der Waals surface area contributed by atoms with Crippen molar-refractivity contribution in [2.75, 3.05) is 51.2 Å². The van der Waals surface area contributed by atoms with Gasteiger partial charge in [0.15, 0.2) is 17.3 Å². The van der Waals surface area contributed by atoms with Crippen LogP contribution in [0.25, 0.3) is 0 Å². The van der Waals surface area contributed by atoms with Gasteiger partial charge in [-0.1, -0.05) is 12.1 Å². The normalized spacial score (nSPS) is 17.2. The zero-order chi connectivity index (χ0) is 20.2. The third kappa shape index (κ3) is 4.38. The predicted molar refractivity (Wildman–Crippen MR) is 118 cm³/mol. The highest BCUT2D eigenvalue weighted by Crippen LogP contribution is 2.37. The molecule has 4 rings (SSSR count). The van der Waals surface area contributed by atoms with Crippen LogP contribution in [-0.4, -0.2) is 57.0 Å². The van der Waals surface area contributed by atoms with Crippen molar-refractivity contribution < 1.29 is 14.3 Å². The molecule has 0 radical (unpaired) electrons. The fraction of sp³-hybridized carbons (Fsp3) is 0.435. The largest absolute Gasteiger partial charge is 0.493 e. The van der Waals surface area contributed by atoms with Crippen molar-refractivity contribution in [3.8, 4) is 11.5 Å². The molecule has 2 aliphatic heterocycles. The molecular formula is C23H28N2O3S. The summed E-state index contributed by atoms with van der Waals surface area (Å²) in [6.07, 6.45) is 1.83. The number of ketones is 1. The summed E-state index contributed by atoms with van der Waals surface area (Å²) in [7, 11) is 3.20. The molecule has 0 aromatic heterocycles. The summed E-state index contributed by atoms with van der Waals surface area (Å²) in [6.45, 7) is 4.04. The van der Waals surface area contributed by atoms with Gasteiger partial charge in [0, 0.05) is 29.5 Å². The first-order valence-electron chi connectivity index (χ1n) is 10.1. The van der Waals surface area contributed by atoms with Crippen molar-refractivity contribution in [3.05, 3.63) is 48.0 Å². The number of hydrogen-bond donors (Lipinski definition) is 0. The molecule has 0 N–H and O–H groups in total. The lowest BCUT2D eigenvalue weighted by Gasteiger charge is -2.32. The molecular weight excluding hydrogens is 384 g/mol. The number of nitrogens with zero attached hydrogens (tertiary/aromatic N) is 2. The molecule has 0 unspecified atom stereocenters. The summed E-state index contributed by atoms with van der Waals surface area (Å²) in [5, 5.41) is 0. The number of ether oxygens (including phenoxy) is 2. The fourth-order valence-electron chi connectivity index (χ4n) is 4.15. The standard InChI is InChI=1S/C23H28N2O3S/c1-27-20-8-7-18(15-21(20)28-2)23(26)17-9-11-24(12-10-17)13-14-25-16-29-22-6-4-3-5-19(22)25/h3-8,15,17H,9-14,16H2,1-2H3. The van der Waals surface area contributed by atoms with E-state index >= 15 is 0 Å². The van der Waals surface area contributed by atoms with Gasteiger partial charge in [0.2, 0.25) is 0 Å². The fourth-order valence-corrected chi connectivity index (χ4v) is 5.23. The monoisotopic (exact) mass is 412 g/mol. The van der Waals surface area contributed by atoms with E-state index in [-0.39, 0.29) is 11.7 Å². The van der Waals surface area contributed by atoms with E-state index in [1.807, 2.05) is 23.9 Å². The molecule has 1 saturated heterocycles. The van der Waals surface area contributed by atoms with Crippen molar-refractivity contribution in [1.29, 1.82) is 0 Å². The SMILES string of the molecule is COc1ccc(C(=O)C2CCN(CCN3CSc4ccccc43)CC2)cc1OC. The number of likely N-dealkylation sites (tertiary alicyclic amines) is 1. The zero-order valence-electron chi connectivity index (χ0n) is 17.1. The van der Waals surface area contributed by atoms with Gasteiger partial charge in [-0.05, 0) is 56.3 Å². The molecule has 2 heterocycles. The van der Waals surface area contributed by atoms with E-state index in [1.165, 1.54) is 10.6 Å². The summed E-state index contributed by atoms with van der Waals surface area (Å²) >= 11 is 1.91. The highest BCUT2D eigenvalue weighted by atomic mass is 32.2. The maximum atomic E-state index is 13.0. The first-order valence-corrected chi connectivity index (χ1v) is 11.1. The van der Waals surface area contributed by atoms with Crippen molar-refractivity contribution in [2.24, 2.45) is 5.92 Å². The summed E-state index contributed by atoms with van der Waals surface area (Å²) < 4.78 is 10.6. The van der Waals surface area contributed by atoms with Crippen molar-refractivity contribution in [1.82, 2.24) is 4.90 Å². The van der Waals surface area contributed by atoms with Crippen LogP contribution in [0, 0.1) is 5.92 Å². The Morgan fingerprint density at radius 1 is 1.03 bits per heavy atom. The van der Waals surface area contributed by atoms with Crippen LogP contribution in [-0.2, 0) is 0 Å². The highest BCUT2D eigenvalue weighted by Gasteiger charge is 2.27. The van der Waals surface area contributed by atoms with Crippen LogP contribution in [0.4, 0.5) is 5.69 Å². The molecule has 0 bridgehead atoms. The number of Topliss-reactive ketones (excluding diaryl/α,β-unsaturated/α-hetero) is 1. The summed E-state index contributed by atoms with van der Waals surface area (Å²) in [6, 6.07) is 14.1. The van der Waals surface area contributed by atoms with Gasteiger partial charge in [0.25, 0.3) is 0 Å². The Bertz CT molecular complexity index is 865. The number of fused-ring (bicyclic) bond motifs is 1. The number of hydrogen-bond acceptors (Lipinski definition) is 6. The summed E-state index contributed by atoms with van der Waals surface area (Å²) in [5.74, 6) is 2.61. The predicted octanol–water partition coefficient (Wildman–Crippen LogP) is 4.17. The molecule has 0 atom stereocenters. The molecule has 1 fully saturated rings. The van der Waals surface area contributed by atoms with Gasteiger partial charge in [0.1, 0.15) is 0 Å². The second kappa shape index (κ2) is 9.09. The first kappa shape index (κ1) is 20.1. The molecule has 154 valence electrons. The number of carbonyl (C=O) groups is 1. The molecule has 5 nitrogen and oxygen atoms in total. The topological polar surface area (TPSA) is 42.0 Å². The highest BCUT2D eigenvalue weighted by molar-refractivity contribution is 7.99. The Labute approximate surface area is 177 Å². The van der Waals surface area contributed by atoms with Crippen LogP contribution in [0.15, 0.2) is 47.4 Å². The van der Waals surface area contributed by atoms with Crippen molar-refractivity contribution >= 4 is 23.2 Å². The van der Waals surface area contributed by atoms with E-state index in [2.05, 4.69) is 34.1 Å². The van der Waals surface area contributed by atoms with Gasteiger partial charge in [-0.25, -0.2) is 0 Å². The minimum atomic E-state index is 0.0902. The van der Waals surface area contributed by atoms with Crippen molar-refractivity contribution in [3.63, 3.8) is 0 Å². The summed E-state index contributed by atoms with van der Waals surface area (Å²) in [5.41, 5.74) is 2.07. The summed E-state index contributed by atoms with van der Waals surface area (Å²) in [4.78, 5) is 19.3. The number of para-hydroxylation sites is 1. The van der Waals surface area contributed by atoms with Crippen LogP contribution < -0.4 is 14.4 Å². The van der Waals surface area contributed by atoms with E-state index in [4.69, 9.17) is 9.47 Å². The second-order valence-electron chi connectivity index (χ2n) is 7.55. The molecule has 2 aromatic carbocycles. The Morgan fingerprint density at radius 2 is 1.79 bits per heavy atom. The number of anilines is 1. The smallest absolute Gasteiger partial charge is 0.166 e. The van der Waals surface area contributed by atoms with Gasteiger partial charge >= 0.3 is 0 Å². The Hall–Kier alpha value is -2.18. The number of methoxy groups -OCH3 is 2. The maximum Gasteiger partial charge on any atom is 0.166 e. The Morgan fingerprint density at radius 3 is 2.55 bits per heavy atom. The Balaban J connectivity index is 1.29. The minimum absolute atomic E-state index is 0.0902. The molecule has 2 aliphatic rings. The number of rotatable bonds is 7. The second-order valence-corrected chi connectivity index (χ2v) is 8.54. The van der Waals surface area contributed by atoms with Crippen LogP contribution >= 0.6 is 11.8 Å². The van der Waals surface area contributed by atoms with E-state index in [9.17, 15) is 4.79 Å². The van der Waals surface area contributed by atoms with Gasteiger partial charge in [-0.15, -0.1) is 11.8 Å². The van der Waals surface area contributed by atoms with Crippen LogP contribution in [0.3, 0.4) is 0 Å². The molecule has 6 heteroatoms. The molecule has 0 amide bonds. The van der Waals surface area contributed by atoms with E-state index in [1.54, 1.807) is 20.3 Å². The number of piperidine rings is 1. The van der Waals surface area contributed by atoms with E-state index in [0.29, 0.717) is 17.1 Å². The number of carbonyl (C=O) groups excluding carboxylic acids is 1. The number of thioether (sulfide) groups is 1. The van der Waals surface area contributed by atoms with E-state index in [0.717, 1.165) is 44.9 Å². The first-order chi connectivity index (χ1) is 14.2. The van der Waals surface area contributed by atoms with E-state index < -0.39 is 0 Å². The molecule has 2 aromatic rings. The molecule has 0 spiro atoms. The molecule has 29 heavy (non-hydrogen) atoms. The lowest BCUT2D eigenvalue weighted by molar-refractivity contribution is 0.0842. The Kier molecular flexibility index (Phi) is 6.31. The third-order valence-electron chi connectivity index (χ3n) is 5.89. The van der Waals surface area contributed by atoms with Gasteiger partial charge in [-0.2, -0.15) is 0 Å². The molecule has 0 aliphatic carbocycles. The average molecular weight is 413 g/mol. The average Bonchev–Trinajstić information content (AvgIpc) is 3.20. The number of benzene rings is 2. The van der Waals surface area contributed by atoms with Gasteiger partial charge < -0.3 is 19.3 Å². The quantitative estimate of drug-likeness (QED) is 0.636. The van der Waals surface area contributed by atoms with Crippen LogP contribution in [0.5, 0.6) is 11.5 Å². The molecule has 0 saturated carbocycles. The minimum Gasteiger partial charge on any atom is -0.493 e. The van der Waals surface area contributed by atoms with Crippen molar-refractivity contribution in [2.45, 2.75) is 17.7 Å². The lowest BCUT2D eigenvalue weighted by Crippen LogP contribution is -2.40. The van der Waals surface area contributed by atoms with Gasteiger partial charge in [-0.3, -0.25) is 4.79 Å². The third-order valence-corrected chi connectivity index (χ3v) is 6.99. The van der Waals surface area contributed by atoms with Gasteiger partial charge in [0.05, 0.1) is 25.8 Å². The van der Waals surface area contributed by atoms with Crippen LogP contribution in [0.1, 0.15) is 23.2 Å². The maximum absolute atomic E-state index is 13.0. The zero-order valence-corrected chi connectivity index (χ0v) is 17.9. The van der Waals surface area contributed by atoms with Crippen LogP contribution in [0.2, 0.25) is 0 Å². The lowest BCUT2D eigenvalue weighted by atomic mass is 9.88.